The van der Waals surface area contributed by atoms with Crippen LogP contribution in [0.1, 0.15) is 21.5 Å². The van der Waals surface area contributed by atoms with Crippen molar-refractivity contribution in [2.45, 2.75) is 13.0 Å². The molecule has 4 nitrogen and oxygen atoms in total. The number of benzene rings is 2. The molecule has 21 heavy (non-hydrogen) atoms. The van der Waals surface area contributed by atoms with Gasteiger partial charge in [-0.25, -0.2) is 4.39 Å². The van der Waals surface area contributed by atoms with Crippen molar-refractivity contribution >= 4 is 11.6 Å². The molecule has 0 bridgehead atoms. The standard InChI is InChI=1S/C16H15FN2O2/c17-12-2-4-15(20)14(8-12)16(21)19-6-5-10-1-3-13(18)7-11(10)9-19/h1-4,7-8,20H,5-6,9,18H2. The SMILES string of the molecule is Nc1ccc2c(c1)CN(C(=O)c1cc(F)ccc1O)CC2. The molecular formula is C16H15FN2O2. The number of hydrogen-bond donors (Lipinski definition) is 2. The third-order valence-electron chi connectivity index (χ3n) is 3.72. The van der Waals surface area contributed by atoms with Gasteiger partial charge in [-0.2, -0.15) is 0 Å². The van der Waals surface area contributed by atoms with Crippen LogP contribution in [0.2, 0.25) is 0 Å². The Kier molecular flexibility index (Phi) is 3.25. The first-order chi connectivity index (χ1) is 10.0. The largest absolute Gasteiger partial charge is 0.507 e. The van der Waals surface area contributed by atoms with Crippen LogP contribution in [0.4, 0.5) is 10.1 Å². The minimum atomic E-state index is -0.544. The Hall–Kier alpha value is -2.56. The minimum Gasteiger partial charge on any atom is -0.507 e. The second kappa shape index (κ2) is 5.09. The van der Waals surface area contributed by atoms with Crippen LogP contribution in [0.25, 0.3) is 0 Å². The van der Waals surface area contributed by atoms with E-state index in [0.29, 0.717) is 18.8 Å². The number of aromatic hydroxyl groups is 1. The molecule has 1 aliphatic heterocycles. The van der Waals surface area contributed by atoms with E-state index in [2.05, 4.69) is 0 Å². The number of fused-ring (bicyclic) bond motifs is 1. The van der Waals surface area contributed by atoms with Gasteiger partial charge in [-0.15, -0.1) is 0 Å². The second-order valence-electron chi connectivity index (χ2n) is 5.17. The molecule has 1 amide bonds. The lowest BCUT2D eigenvalue weighted by Crippen LogP contribution is -2.36. The molecule has 0 radical (unpaired) electrons. The highest BCUT2D eigenvalue weighted by Gasteiger charge is 2.24. The van der Waals surface area contributed by atoms with Crippen molar-refractivity contribution in [3.05, 3.63) is 58.9 Å². The van der Waals surface area contributed by atoms with Crippen LogP contribution in [0.15, 0.2) is 36.4 Å². The van der Waals surface area contributed by atoms with E-state index in [4.69, 9.17) is 5.73 Å². The molecule has 1 aliphatic rings. The minimum absolute atomic E-state index is 0.0117. The maximum Gasteiger partial charge on any atom is 0.258 e. The second-order valence-corrected chi connectivity index (χ2v) is 5.17. The number of anilines is 1. The third kappa shape index (κ3) is 2.54. The predicted molar refractivity (Wildman–Crippen MR) is 77.4 cm³/mol. The van der Waals surface area contributed by atoms with Crippen molar-refractivity contribution < 1.29 is 14.3 Å². The van der Waals surface area contributed by atoms with Gasteiger partial charge in [-0.3, -0.25) is 4.79 Å². The van der Waals surface area contributed by atoms with Crippen molar-refractivity contribution in [3.8, 4) is 5.75 Å². The van der Waals surface area contributed by atoms with Gasteiger partial charge in [0.1, 0.15) is 11.6 Å². The van der Waals surface area contributed by atoms with Crippen LogP contribution in [-0.4, -0.2) is 22.5 Å². The number of phenols is 1. The zero-order valence-electron chi connectivity index (χ0n) is 11.3. The lowest BCUT2D eigenvalue weighted by atomic mass is 9.98. The Bertz CT molecular complexity index is 715. The molecule has 0 aromatic heterocycles. The molecule has 5 heteroatoms. The molecule has 0 fully saturated rings. The third-order valence-corrected chi connectivity index (χ3v) is 3.72. The number of carbonyl (C=O) groups is 1. The fraction of sp³-hybridized carbons (Fsp3) is 0.188. The molecule has 108 valence electrons. The number of rotatable bonds is 1. The first-order valence-electron chi connectivity index (χ1n) is 6.69. The van der Waals surface area contributed by atoms with Crippen molar-refractivity contribution in [3.63, 3.8) is 0 Å². The Morgan fingerprint density at radius 1 is 1.19 bits per heavy atom. The number of amides is 1. The van der Waals surface area contributed by atoms with E-state index in [0.717, 1.165) is 29.7 Å². The maximum absolute atomic E-state index is 13.3. The summed E-state index contributed by atoms with van der Waals surface area (Å²) in [4.78, 5) is 14.0. The molecule has 0 spiro atoms. The maximum atomic E-state index is 13.3. The molecule has 2 aromatic rings. The average Bonchev–Trinajstić information content (AvgIpc) is 2.48. The lowest BCUT2D eigenvalue weighted by molar-refractivity contribution is 0.0731. The Morgan fingerprint density at radius 2 is 2.00 bits per heavy atom. The van der Waals surface area contributed by atoms with E-state index >= 15 is 0 Å². The fourth-order valence-corrected chi connectivity index (χ4v) is 2.60. The predicted octanol–water partition coefficient (Wildman–Crippen LogP) is 2.31. The quantitative estimate of drug-likeness (QED) is 0.791. The summed E-state index contributed by atoms with van der Waals surface area (Å²) >= 11 is 0. The fourth-order valence-electron chi connectivity index (χ4n) is 2.60. The molecular weight excluding hydrogens is 271 g/mol. The van der Waals surface area contributed by atoms with Gasteiger partial charge in [-0.1, -0.05) is 6.07 Å². The molecule has 3 N–H and O–H groups in total. The summed E-state index contributed by atoms with van der Waals surface area (Å²) in [6.45, 7) is 0.945. The summed E-state index contributed by atoms with van der Waals surface area (Å²) < 4.78 is 13.3. The lowest BCUT2D eigenvalue weighted by Gasteiger charge is -2.29. The smallest absolute Gasteiger partial charge is 0.258 e. The monoisotopic (exact) mass is 286 g/mol. The van der Waals surface area contributed by atoms with Crippen LogP contribution in [0.5, 0.6) is 5.75 Å². The number of nitrogens with zero attached hydrogens (tertiary/aromatic N) is 1. The Morgan fingerprint density at radius 3 is 2.81 bits per heavy atom. The van der Waals surface area contributed by atoms with Gasteiger partial charge in [0.2, 0.25) is 0 Å². The van der Waals surface area contributed by atoms with Crippen LogP contribution in [0, 0.1) is 5.82 Å². The molecule has 0 unspecified atom stereocenters. The zero-order chi connectivity index (χ0) is 15.0. The topological polar surface area (TPSA) is 66.6 Å². The van der Waals surface area contributed by atoms with Crippen molar-refractivity contribution in [2.24, 2.45) is 0 Å². The van der Waals surface area contributed by atoms with Crippen LogP contribution in [0.3, 0.4) is 0 Å². The number of carbonyl (C=O) groups excluding carboxylic acids is 1. The highest BCUT2D eigenvalue weighted by Crippen LogP contribution is 2.25. The van der Waals surface area contributed by atoms with Gasteiger partial charge in [0, 0.05) is 18.8 Å². The van der Waals surface area contributed by atoms with Crippen LogP contribution in [-0.2, 0) is 13.0 Å². The van der Waals surface area contributed by atoms with Crippen LogP contribution >= 0.6 is 0 Å². The number of phenolic OH excluding ortho intramolecular Hbond substituents is 1. The number of nitrogen functional groups attached to an aromatic ring is 1. The average molecular weight is 286 g/mol. The van der Waals surface area contributed by atoms with Gasteiger partial charge in [0.25, 0.3) is 5.91 Å². The van der Waals surface area contributed by atoms with E-state index in [-0.39, 0.29) is 17.2 Å². The first-order valence-corrected chi connectivity index (χ1v) is 6.69. The Balaban J connectivity index is 1.88. The van der Waals surface area contributed by atoms with Crippen molar-refractivity contribution in [2.75, 3.05) is 12.3 Å². The molecule has 2 aromatic carbocycles. The van der Waals surface area contributed by atoms with Crippen molar-refractivity contribution in [1.82, 2.24) is 4.90 Å². The van der Waals surface area contributed by atoms with E-state index in [1.165, 1.54) is 6.07 Å². The van der Waals surface area contributed by atoms with E-state index in [1.54, 1.807) is 4.90 Å². The normalized spacial score (nSPS) is 13.9. The Labute approximate surface area is 121 Å². The summed E-state index contributed by atoms with van der Waals surface area (Å²) in [6, 6.07) is 9.03. The number of hydrogen-bond acceptors (Lipinski definition) is 3. The first kappa shape index (κ1) is 13.4. The summed E-state index contributed by atoms with van der Waals surface area (Å²) in [7, 11) is 0. The van der Waals surface area contributed by atoms with Gasteiger partial charge >= 0.3 is 0 Å². The van der Waals surface area contributed by atoms with E-state index in [9.17, 15) is 14.3 Å². The van der Waals surface area contributed by atoms with Gasteiger partial charge in [0.05, 0.1) is 5.56 Å². The summed E-state index contributed by atoms with van der Waals surface area (Å²) in [5.74, 6) is -1.13. The van der Waals surface area contributed by atoms with Crippen LogP contribution < -0.4 is 5.73 Å². The highest BCUT2D eigenvalue weighted by atomic mass is 19.1. The van der Waals surface area contributed by atoms with Crippen molar-refractivity contribution in [1.29, 1.82) is 0 Å². The van der Waals surface area contributed by atoms with Gasteiger partial charge < -0.3 is 15.7 Å². The molecule has 0 saturated carbocycles. The number of nitrogens with two attached hydrogens (primary N) is 1. The summed E-state index contributed by atoms with van der Waals surface area (Å²) in [5, 5.41) is 9.74. The highest BCUT2D eigenvalue weighted by molar-refractivity contribution is 5.97. The zero-order valence-corrected chi connectivity index (χ0v) is 11.3. The summed E-state index contributed by atoms with van der Waals surface area (Å²) in [5.41, 5.74) is 8.56. The van der Waals surface area contributed by atoms with E-state index < -0.39 is 5.82 Å². The molecule has 3 rings (SSSR count). The van der Waals surface area contributed by atoms with Gasteiger partial charge in [0.15, 0.2) is 0 Å². The molecule has 1 heterocycles. The molecule has 0 atom stereocenters. The molecule has 0 saturated heterocycles. The number of halogens is 1. The van der Waals surface area contributed by atoms with E-state index in [1.807, 2.05) is 18.2 Å². The van der Waals surface area contributed by atoms with Gasteiger partial charge in [-0.05, 0) is 47.9 Å². The summed E-state index contributed by atoms with van der Waals surface area (Å²) in [6.07, 6.45) is 0.720. The molecule has 0 aliphatic carbocycles.